The highest BCUT2D eigenvalue weighted by atomic mass is 32.2. The van der Waals surface area contributed by atoms with E-state index in [4.69, 9.17) is 4.74 Å². The van der Waals surface area contributed by atoms with Gasteiger partial charge in [0.25, 0.3) is 0 Å². The molecule has 1 saturated heterocycles. The number of hydrogen-bond donors (Lipinski definition) is 1. The quantitative estimate of drug-likeness (QED) is 0.750. The highest BCUT2D eigenvalue weighted by molar-refractivity contribution is 7.90. The first kappa shape index (κ1) is 22.0. The first-order chi connectivity index (χ1) is 13.6. The van der Waals surface area contributed by atoms with Gasteiger partial charge in [0.15, 0.2) is 9.84 Å². The molecule has 0 aromatic heterocycles. The van der Waals surface area contributed by atoms with E-state index < -0.39 is 25.1 Å². The summed E-state index contributed by atoms with van der Waals surface area (Å²) in [5.41, 5.74) is 2.95. The predicted molar refractivity (Wildman–Crippen MR) is 114 cm³/mol. The predicted octanol–water partition coefficient (Wildman–Crippen LogP) is 2.96. The summed E-state index contributed by atoms with van der Waals surface area (Å²) in [5, 5.41) is -0.498. The highest BCUT2D eigenvalue weighted by Crippen LogP contribution is 2.30. The highest BCUT2D eigenvalue weighted by Gasteiger charge is 2.31. The van der Waals surface area contributed by atoms with E-state index in [1.165, 1.54) is 6.26 Å². The van der Waals surface area contributed by atoms with Crippen LogP contribution in [0.2, 0.25) is 0 Å². The Hall–Kier alpha value is -1.74. The molecule has 1 N–H and O–H groups in total. The fourth-order valence-electron chi connectivity index (χ4n) is 3.42. The smallest absolute Gasteiger partial charge is 0.214 e. The van der Waals surface area contributed by atoms with E-state index in [1.54, 1.807) is 38.1 Å². The minimum Gasteiger partial charge on any atom is -0.380 e. The van der Waals surface area contributed by atoms with E-state index in [0.29, 0.717) is 18.1 Å². The van der Waals surface area contributed by atoms with Gasteiger partial charge in [0, 0.05) is 18.8 Å². The molecule has 158 valence electrons. The van der Waals surface area contributed by atoms with Gasteiger partial charge in [0.1, 0.15) is 0 Å². The Morgan fingerprint density at radius 2 is 1.48 bits per heavy atom. The van der Waals surface area contributed by atoms with Gasteiger partial charge in [0.05, 0.1) is 22.8 Å². The molecule has 8 heteroatoms. The van der Waals surface area contributed by atoms with E-state index in [0.717, 1.165) is 23.1 Å². The summed E-state index contributed by atoms with van der Waals surface area (Å²) in [4.78, 5) is 0.292. The van der Waals surface area contributed by atoms with Crippen molar-refractivity contribution in [2.75, 3.05) is 19.5 Å². The molecule has 0 saturated carbocycles. The molecule has 1 fully saturated rings. The summed E-state index contributed by atoms with van der Waals surface area (Å²) in [7, 11) is -6.60. The van der Waals surface area contributed by atoms with Gasteiger partial charge in [-0.2, -0.15) is 0 Å². The Balaban J connectivity index is 1.81. The van der Waals surface area contributed by atoms with Gasteiger partial charge in [-0.05, 0) is 49.1 Å². The first-order valence-electron chi connectivity index (χ1n) is 9.57. The molecule has 2 aromatic rings. The maximum atomic E-state index is 12.3. The standard InChI is InChI=1S/C21H27NO5S2/c1-15(2)29(25,26)22-21-14-27-13-12-20(21)18-6-4-16(5-7-18)17-8-10-19(11-9-17)28(3,23)24/h4-11,15,20-22H,12-14H2,1-3H3/t20-,21+/m0/s1. The van der Waals surface area contributed by atoms with Crippen LogP contribution in [-0.4, -0.2) is 47.6 Å². The fourth-order valence-corrected chi connectivity index (χ4v) is 4.97. The molecule has 0 unspecified atom stereocenters. The third-order valence-corrected chi connectivity index (χ3v) is 8.25. The van der Waals surface area contributed by atoms with Crippen molar-refractivity contribution in [3.8, 4) is 11.1 Å². The molecule has 2 atom stereocenters. The maximum Gasteiger partial charge on any atom is 0.214 e. The number of benzene rings is 2. The lowest BCUT2D eigenvalue weighted by molar-refractivity contribution is 0.0644. The van der Waals surface area contributed by atoms with E-state index in [9.17, 15) is 16.8 Å². The van der Waals surface area contributed by atoms with Crippen LogP contribution in [0.1, 0.15) is 31.7 Å². The topological polar surface area (TPSA) is 89.5 Å². The molecular formula is C21H27NO5S2. The molecule has 0 aliphatic carbocycles. The Kier molecular flexibility index (Phi) is 6.48. The monoisotopic (exact) mass is 437 g/mol. The molecular weight excluding hydrogens is 410 g/mol. The van der Waals surface area contributed by atoms with Crippen molar-refractivity contribution < 1.29 is 21.6 Å². The van der Waals surface area contributed by atoms with Gasteiger partial charge < -0.3 is 4.74 Å². The van der Waals surface area contributed by atoms with E-state index in [2.05, 4.69) is 4.72 Å². The number of nitrogens with one attached hydrogen (secondary N) is 1. The Labute approximate surface area is 173 Å². The van der Waals surface area contributed by atoms with Gasteiger partial charge in [-0.15, -0.1) is 0 Å². The van der Waals surface area contributed by atoms with Crippen molar-refractivity contribution >= 4 is 19.9 Å². The van der Waals surface area contributed by atoms with Crippen LogP contribution in [0.15, 0.2) is 53.4 Å². The van der Waals surface area contributed by atoms with Gasteiger partial charge in [-0.1, -0.05) is 36.4 Å². The summed E-state index contributed by atoms with van der Waals surface area (Å²) in [6, 6.07) is 14.5. The van der Waals surface area contributed by atoms with Crippen LogP contribution in [0.5, 0.6) is 0 Å². The van der Waals surface area contributed by atoms with E-state index in [1.807, 2.05) is 24.3 Å². The van der Waals surface area contributed by atoms with Crippen LogP contribution in [-0.2, 0) is 24.6 Å². The Morgan fingerprint density at radius 1 is 0.931 bits per heavy atom. The summed E-state index contributed by atoms with van der Waals surface area (Å²) < 4.78 is 56.1. The molecule has 0 bridgehead atoms. The van der Waals surface area contributed by atoms with Crippen molar-refractivity contribution in [3.05, 3.63) is 54.1 Å². The summed E-state index contributed by atoms with van der Waals surface area (Å²) in [6.45, 7) is 4.26. The van der Waals surface area contributed by atoms with Crippen LogP contribution in [0.25, 0.3) is 11.1 Å². The number of sulfone groups is 1. The van der Waals surface area contributed by atoms with Crippen molar-refractivity contribution in [2.24, 2.45) is 0 Å². The van der Waals surface area contributed by atoms with Gasteiger partial charge in [-0.25, -0.2) is 21.6 Å². The molecule has 2 aromatic carbocycles. The molecule has 6 nitrogen and oxygen atoms in total. The maximum absolute atomic E-state index is 12.3. The largest absolute Gasteiger partial charge is 0.380 e. The minimum absolute atomic E-state index is 0.0407. The average molecular weight is 438 g/mol. The van der Waals surface area contributed by atoms with Crippen LogP contribution in [0.3, 0.4) is 0 Å². The molecule has 3 rings (SSSR count). The van der Waals surface area contributed by atoms with E-state index in [-0.39, 0.29) is 12.0 Å². The second-order valence-electron chi connectivity index (χ2n) is 7.71. The van der Waals surface area contributed by atoms with Crippen molar-refractivity contribution in [1.29, 1.82) is 0 Å². The minimum atomic E-state index is -3.39. The summed E-state index contributed by atoms with van der Waals surface area (Å²) in [5.74, 6) is 0.0407. The van der Waals surface area contributed by atoms with Gasteiger partial charge in [0.2, 0.25) is 10.0 Å². The van der Waals surface area contributed by atoms with Crippen molar-refractivity contribution in [1.82, 2.24) is 4.72 Å². The average Bonchev–Trinajstić information content (AvgIpc) is 2.68. The third kappa shape index (κ3) is 5.25. The zero-order chi connectivity index (χ0) is 21.2. The number of rotatable bonds is 6. The second kappa shape index (κ2) is 8.55. The zero-order valence-corrected chi connectivity index (χ0v) is 18.5. The van der Waals surface area contributed by atoms with Crippen LogP contribution in [0.4, 0.5) is 0 Å². The molecule has 0 radical (unpaired) electrons. The zero-order valence-electron chi connectivity index (χ0n) is 16.8. The van der Waals surface area contributed by atoms with Crippen LogP contribution >= 0.6 is 0 Å². The van der Waals surface area contributed by atoms with E-state index >= 15 is 0 Å². The number of sulfonamides is 1. The molecule has 0 amide bonds. The lowest BCUT2D eigenvalue weighted by atomic mass is 9.87. The molecule has 1 heterocycles. The fraction of sp³-hybridized carbons (Fsp3) is 0.429. The molecule has 1 aliphatic rings. The first-order valence-corrected chi connectivity index (χ1v) is 13.0. The van der Waals surface area contributed by atoms with Crippen LogP contribution < -0.4 is 4.72 Å². The SMILES string of the molecule is CC(C)S(=O)(=O)N[C@@H]1COCC[C@H]1c1ccc(-c2ccc(S(C)(=O)=O)cc2)cc1. The second-order valence-corrected chi connectivity index (χ2v) is 12.0. The molecule has 29 heavy (non-hydrogen) atoms. The van der Waals surface area contributed by atoms with Crippen molar-refractivity contribution in [2.45, 2.75) is 42.4 Å². The summed E-state index contributed by atoms with van der Waals surface area (Å²) in [6.07, 6.45) is 1.93. The van der Waals surface area contributed by atoms with Crippen molar-refractivity contribution in [3.63, 3.8) is 0 Å². The van der Waals surface area contributed by atoms with Crippen LogP contribution in [0, 0.1) is 0 Å². The third-order valence-electron chi connectivity index (χ3n) is 5.25. The lowest BCUT2D eigenvalue weighted by Gasteiger charge is -2.33. The van der Waals surface area contributed by atoms with Gasteiger partial charge in [-0.3, -0.25) is 0 Å². The normalized spacial score (nSPS) is 20.7. The Bertz CT molecular complexity index is 1040. The molecule has 0 spiro atoms. The Morgan fingerprint density at radius 3 is 2.00 bits per heavy atom. The number of ether oxygens (including phenoxy) is 1. The molecule has 1 aliphatic heterocycles. The lowest BCUT2D eigenvalue weighted by Crippen LogP contribution is -2.47. The van der Waals surface area contributed by atoms with Gasteiger partial charge >= 0.3 is 0 Å². The summed E-state index contributed by atoms with van der Waals surface area (Å²) >= 11 is 0. The number of hydrogen-bond acceptors (Lipinski definition) is 5.